The van der Waals surface area contributed by atoms with E-state index >= 15 is 0 Å². The topological polar surface area (TPSA) is 89.3 Å². The Balaban J connectivity index is 1.46. The molecule has 1 saturated heterocycles. The van der Waals surface area contributed by atoms with Crippen LogP contribution < -0.4 is 9.64 Å². The zero-order valence-corrected chi connectivity index (χ0v) is 15.8. The number of anilines is 1. The molecule has 3 aromatic rings. The van der Waals surface area contributed by atoms with Crippen molar-refractivity contribution in [3.05, 3.63) is 54.5 Å². The molecular weight excluding hydrogens is 358 g/mol. The first-order chi connectivity index (χ1) is 13.6. The molecule has 28 heavy (non-hydrogen) atoms. The van der Waals surface area contributed by atoms with Gasteiger partial charge in [-0.25, -0.2) is 19.9 Å². The fraction of sp³-hybridized carbons (Fsp3) is 0.316. The van der Waals surface area contributed by atoms with E-state index in [9.17, 15) is 4.79 Å². The minimum atomic E-state index is -0.0154. The van der Waals surface area contributed by atoms with E-state index in [-0.39, 0.29) is 5.91 Å². The molecule has 1 amide bonds. The quantitative estimate of drug-likeness (QED) is 0.676. The monoisotopic (exact) mass is 379 g/mol. The Kier molecular flexibility index (Phi) is 4.88. The van der Waals surface area contributed by atoms with Gasteiger partial charge in [0.05, 0.1) is 7.11 Å². The van der Waals surface area contributed by atoms with Crippen LogP contribution in [0, 0.1) is 6.92 Å². The number of aryl methyl sites for hydroxylation is 1. The van der Waals surface area contributed by atoms with Gasteiger partial charge in [-0.15, -0.1) is 0 Å². The average Bonchev–Trinajstić information content (AvgIpc) is 3.28. The Morgan fingerprint density at radius 2 is 1.86 bits per heavy atom. The number of piperazine rings is 1. The number of ether oxygens (including phenoxy) is 1. The third-order valence-electron chi connectivity index (χ3n) is 4.66. The Hall–Kier alpha value is -3.49. The molecule has 0 aliphatic carbocycles. The number of hydrogen-bond donors (Lipinski definition) is 0. The maximum atomic E-state index is 12.8. The van der Waals surface area contributed by atoms with Crippen molar-refractivity contribution in [2.45, 2.75) is 6.92 Å². The number of rotatable bonds is 4. The highest BCUT2D eigenvalue weighted by atomic mass is 16.5. The van der Waals surface area contributed by atoms with Gasteiger partial charge in [0.2, 0.25) is 5.88 Å². The van der Waals surface area contributed by atoms with Crippen molar-refractivity contribution >= 4 is 11.7 Å². The zero-order chi connectivity index (χ0) is 19.5. The molecule has 0 radical (unpaired) electrons. The van der Waals surface area contributed by atoms with Gasteiger partial charge in [-0.1, -0.05) is 0 Å². The summed E-state index contributed by atoms with van der Waals surface area (Å²) in [4.78, 5) is 33.9. The zero-order valence-electron chi connectivity index (χ0n) is 15.8. The lowest BCUT2D eigenvalue weighted by molar-refractivity contribution is 0.0746. The van der Waals surface area contributed by atoms with E-state index in [0.717, 1.165) is 11.6 Å². The van der Waals surface area contributed by atoms with Gasteiger partial charge in [0.1, 0.15) is 23.8 Å². The second-order valence-electron chi connectivity index (χ2n) is 6.47. The first-order valence-electron chi connectivity index (χ1n) is 9.02. The van der Waals surface area contributed by atoms with E-state index in [4.69, 9.17) is 4.74 Å². The molecular formula is C19H21N7O2. The molecule has 0 aromatic carbocycles. The van der Waals surface area contributed by atoms with Crippen LogP contribution in [0.3, 0.4) is 0 Å². The van der Waals surface area contributed by atoms with Crippen molar-refractivity contribution in [3.8, 4) is 11.7 Å². The predicted molar refractivity (Wildman–Crippen MR) is 103 cm³/mol. The molecule has 4 heterocycles. The standard InChI is InChI=1S/C19H21N7O2/c1-14-22-16(12-17(23-14)26-6-5-20-13-26)24-7-9-25(10-8-24)19(27)15-3-4-21-18(11-15)28-2/h3-6,11-13H,7-10H2,1-2H3. The largest absolute Gasteiger partial charge is 0.481 e. The van der Waals surface area contributed by atoms with Crippen LogP contribution in [0.15, 0.2) is 43.1 Å². The highest BCUT2D eigenvalue weighted by molar-refractivity contribution is 5.94. The van der Waals surface area contributed by atoms with E-state index < -0.39 is 0 Å². The summed E-state index contributed by atoms with van der Waals surface area (Å²) in [6, 6.07) is 5.32. The third-order valence-corrected chi connectivity index (χ3v) is 4.66. The molecule has 0 atom stereocenters. The minimum absolute atomic E-state index is 0.0154. The van der Waals surface area contributed by atoms with E-state index in [2.05, 4.69) is 24.8 Å². The SMILES string of the molecule is COc1cc(C(=O)N2CCN(c3cc(-n4ccnc4)nc(C)n3)CC2)ccn1. The van der Waals surface area contributed by atoms with Crippen LogP contribution in [0.1, 0.15) is 16.2 Å². The van der Waals surface area contributed by atoms with Crippen LogP contribution in [0.5, 0.6) is 5.88 Å². The molecule has 0 spiro atoms. The number of pyridine rings is 1. The normalized spacial score (nSPS) is 14.2. The summed E-state index contributed by atoms with van der Waals surface area (Å²) in [6.45, 7) is 4.52. The van der Waals surface area contributed by atoms with E-state index in [0.29, 0.717) is 43.4 Å². The summed E-state index contributed by atoms with van der Waals surface area (Å²) in [5.41, 5.74) is 0.584. The summed E-state index contributed by atoms with van der Waals surface area (Å²) in [5.74, 6) is 2.76. The second-order valence-corrected chi connectivity index (χ2v) is 6.47. The molecule has 0 N–H and O–H groups in total. The lowest BCUT2D eigenvalue weighted by Crippen LogP contribution is -2.49. The van der Waals surface area contributed by atoms with Gasteiger partial charge < -0.3 is 14.5 Å². The van der Waals surface area contributed by atoms with Gasteiger partial charge >= 0.3 is 0 Å². The number of carbonyl (C=O) groups is 1. The Morgan fingerprint density at radius 3 is 2.57 bits per heavy atom. The summed E-state index contributed by atoms with van der Waals surface area (Å²) in [5, 5.41) is 0. The van der Waals surface area contributed by atoms with E-state index in [1.54, 1.807) is 30.9 Å². The molecule has 0 unspecified atom stereocenters. The number of methoxy groups -OCH3 is 1. The van der Waals surface area contributed by atoms with Crippen LogP contribution >= 0.6 is 0 Å². The van der Waals surface area contributed by atoms with Gasteiger partial charge in [0, 0.05) is 62.5 Å². The summed E-state index contributed by atoms with van der Waals surface area (Å²) in [7, 11) is 1.54. The first-order valence-corrected chi connectivity index (χ1v) is 9.02. The molecule has 1 fully saturated rings. The lowest BCUT2D eigenvalue weighted by Gasteiger charge is -2.35. The van der Waals surface area contributed by atoms with Crippen molar-refractivity contribution in [2.24, 2.45) is 0 Å². The number of imidazole rings is 1. The molecule has 3 aromatic heterocycles. The highest BCUT2D eigenvalue weighted by Crippen LogP contribution is 2.19. The van der Waals surface area contributed by atoms with Gasteiger partial charge in [0.25, 0.3) is 5.91 Å². The molecule has 4 rings (SSSR count). The minimum Gasteiger partial charge on any atom is -0.481 e. The number of amides is 1. The first kappa shape index (κ1) is 17.9. The highest BCUT2D eigenvalue weighted by Gasteiger charge is 2.24. The van der Waals surface area contributed by atoms with Crippen LogP contribution in [-0.4, -0.2) is 68.6 Å². The van der Waals surface area contributed by atoms with E-state index in [1.165, 1.54) is 7.11 Å². The van der Waals surface area contributed by atoms with Crippen molar-refractivity contribution < 1.29 is 9.53 Å². The second kappa shape index (κ2) is 7.63. The smallest absolute Gasteiger partial charge is 0.254 e. The van der Waals surface area contributed by atoms with Gasteiger partial charge in [-0.05, 0) is 13.0 Å². The fourth-order valence-corrected chi connectivity index (χ4v) is 3.20. The molecule has 0 bridgehead atoms. The van der Waals surface area contributed by atoms with E-state index in [1.807, 2.05) is 28.7 Å². The number of hydrogen-bond acceptors (Lipinski definition) is 7. The Morgan fingerprint density at radius 1 is 1.07 bits per heavy atom. The fourth-order valence-electron chi connectivity index (χ4n) is 3.20. The summed E-state index contributed by atoms with van der Waals surface area (Å²) in [6.07, 6.45) is 6.87. The molecule has 1 aliphatic heterocycles. The average molecular weight is 379 g/mol. The van der Waals surface area contributed by atoms with Crippen LogP contribution in [0.2, 0.25) is 0 Å². The summed E-state index contributed by atoms with van der Waals surface area (Å²) >= 11 is 0. The maximum Gasteiger partial charge on any atom is 0.254 e. The van der Waals surface area contributed by atoms with Gasteiger partial charge in [-0.3, -0.25) is 9.36 Å². The van der Waals surface area contributed by atoms with Crippen LogP contribution in [-0.2, 0) is 0 Å². The number of nitrogens with zero attached hydrogens (tertiary/aromatic N) is 7. The summed E-state index contributed by atoms with van der Waals surface area (Å²) < 4.78 is 6.97. The van der Waals surface area contributed by atoms with Gasteiger partial charge in [0.15, 0.2) is 0 Å². The Labute approximate surface area is 162 Å². The van der Waals surface area contributed by atoms with Crippen molar-refractivity contribution in [3.63, 3.8) is 0 Å². The van der Waals surface area contributed by atoms with Crippen molar-refractivity contribution in [1.82, 2.24) is 29.4 Å². The van der Waals surface area contributed by atoms with Crippen molar-refractivity contribution in [1.29, 1.82) is 0 Å². The molecule has 9 nitrogen and oxygen atoms in total. The third kappa shape index (κ3) is 3.64. The van der Waals surface area contributed by atoms with Crippen molar-refractivity contribution in [2.75, 3.05) is 38.2 Å². The molecule has 9 heteroatoms. The van der Waals surface area contributed by atoms with Gasteiger partial charge in [-0.2, -0.15) is 0 Å². The van der Waals surface area contributed by atoms with Crippen LogP contribution in [0.4, 0.5) is 5.82 Å². The molecule has 144 valence electrons. The predicted octanol–water partition coefficient (Wildman–Crippen LogP) is 1.34. The Bertz CT molecular complexity index is 966. The van der Waals surface area contributed by atoms with Crippen LogP contribution in [0.25, 0.3) is 5.82 Å². The lowest BCUT2D eigenvalue weighted by atomic mass is 10.2. The number of aromatic nitrogens is 5. The number of carbonyl (C=O) groups excluding carboxylic acids is 1. The molecule has 1 aliphatic rings. The maximum absolute atomic E-state index is 12.8. The molecule has 0 saturated carbocycles.